The summed E-state index contributed by atoms with van der Waals surface area (Å²) in [7, 11) is 0. The third-order valence-electron chi connectivity index (χ3n) is 8.18. The highest BCUT2D eigenvalue weighted by Gasteiger charge is 2.58. The molecule has 55 heavy (non-hydrogen) atoms. The van der Waals surface area contributed by atoms with Crippen molar-refractivity contribution >= 4 is 47.8 Å². The van der Waals surface area contributed by atoms with E-state index in [-0.39, 0.29) is 51.4 Å². The molecule has 19 heteroatoms. The van der Waals surface area contributed by atoms with E-state index in [2.05, 4.69) is 0 Å². The predicted molar refractivity (Wildman–Crippen MR) is 182 cm³/mol. The molecule has 2 heterocycles. The number of esters is 8. The molecular weight excluding hydrogens is 736 g/mol. The van der Waals surface area contributed by atoms with Crippen LogP contribution in [0.5, 0.6) is 0 Å². The lowest BCUT2D eigenvalue weighted by molar-refractivity contribution is -0.378. The fourth-order valence-corrected chi connectivity index (χ4v) is 5.14. The molecule has 0 radical (unpaired) electrons. The van der Waals surface area contributed by atoms with E-state index in [1.165, 1.54) is 55.4 Å². The lowest BCUT2D eigenvalue weighted by Gasteiger charge is -2.48. The third kappa shape index (κ3) is 14.0. The van der Waals surface area contributed by atoms with Gasteiger partial charge in [-0.3, -0.25) is 38.4 Å². The van der Waals surface area contributed by atoms with Gasteiger partial charge in [-0.15, -0.1) is 0 Å². The smallest absolute Gasteiger partial charge is 0.306 e. The van der Waals surface area contributed by atoms with Crippen molar-refractivity contribution in [3.8, 4) is 0 Å². The molecular formula is C36H54O19. The summed E-state index contributed by atoms with van der Waals surface area (Å²) in [5.74, 6) is -6.14. The average Bonchev–Trinajstić information content (AvgIpc) is 3.19. The van der Waals surface area contributed by atoms with Gasteiger partial charge < -0.3 is 52.1 Å². The maximum absolute atomic E-state index is 12.9. The molecule has 19 nitrogen and oxygen atoms in total. The van der Waals surface area contributed by atoms with Crippen molar-refractivity contribution in [3.63, 3.8) is 0 Å². The molecule has 2 saturated heterocycles. The molecule has 0 aliphatic carbocycles. The summed E-state index contributed by atoms with van der Waals surface area (Å²) >= 11 is 0. The summed E-state index contributed by atoms with van der Waals surface area (Å²) in [5.41, 5.74) is 0. The Bertz CT molecular complexity index is 1230. The highest BCUT2D eigenvalue weighted by molar-refractivity contribution is 5.73. The molecule has 0 spiro atoms. The molecule has 0 N–H and O–H groups in total. The molecule has 312 valence electrons. The van der Waals surface area contributed by atoms with Crippen molar-refractivity contribution in [2.75, 3.05) is 13.2 Å². The van der Waals surface area contributed by atoms with Crippen LogP contribution in [-0.4, -0.2) is 122 Å². The summed E-state index contributed by atoms with van der Waals surface area (Å²) in [6.07, 6.45) is -17.3. The highest BCUT2D eigenvalue weighted by atomic mass is 16.8. The molecule has 0 saturated carbocycles. The molecule has 2 rings (SSSR count). The van der Waals surface area contributed by atoms with Crippen LogP contribution in [0.25, 0.3) is 0 Å². The van der Waals surface area contributed by atoms with E-state index in [0.717, 1.165) is 0 Å². The Morgan fingerprint density at radius 3 is 0.836 bits per heavy atom. The Balaban J connectivity index is 2.83. The molecule has 2 fully saturated rings. The first kappa shape index (κ1) is 46.8. The van der Waals surface area contributed by atoms with Crippen molar-refractivity contribution < 1.29 is 90.5 Å². The van der Waals surface area contributed by atoms with E-state index in [1.54, 1.807) is 0 Å². The number of carbonyl (C=O) groups excluding carboxylic acids is 8. The van der Waals surface area contributed by atoms with Crippen molar-refractivity contribution in [1.29, 1.82) is 0 Å². The first-order valence-electron chi connectivity index (χ1n) is 18.6. The van der Waals surface area contributed by atoms with Crippen LogP contribution in [0.1, 0.15) is 107 Å². The van der Waals surface area contributed by atoms with Gasteiger partial charge in [0.25, 0.3) is 0 Å². The highest BCUT2D eigenvalue weighted by Crippen LogP contribution is 2.36. The molecule has 10 atom stereocenters. The second kappa shape index (κ2) is 23.5. The van der Waals surface area contributed by atoms with Crippen LogP contribution in [0, 0.1) is 0 Å². The van der Waals surface area contributed by atoms with Crippen LogP contribution in [-0.2, 0) is 90.5 Å². The lowest BCUT2D eigenvalue weighted by atomic mass is 9.96. The minimum atomic E-state index is -1.84. The van der Waals surface area contributed by atoms with Gasteiger partial charge in [0.1, 0.15) is 25.4 Å². The monoisotopic (exact) mass is 790 g/mol. The van der Waals surface area contributed by atoms with Crippen LogP contribution < -0.4 is 0 Å². The second-order valence-corrected chi connectivity index (χ2v) is 12.1. The Labute approximate surface area is 319 Å². The zero-order valence-electron chi connectivity index (χ0n) is 32.6. The van der Waals surface area contributed by atoms with E-state index in [1.807, 2.05) is 0 Å². The van der Waals surface area contributed by atoms with E-state index < -0.39 is 122 Å². The zero-order chi connectivity index (χ0) is 41.2. The molecule has 4 unspecified atom stereocenters. The van der Waals surface area contributed by atoms with Gasteiger partial charge in [-0.05, 0) is 0 Å². The normalized spacial score (nSPS) is 27.4. The minimum absolute atomic E-state index is 0.0386. The van der Waals surface area contributed by atoms with Crippen molar-refractivity contribution in [1.82, 2.24) is 0 Å². The molecule has 0 bridgehead atoms. The van der Waals surface area contributed by atoms with Gasteiger partial charge in [0.05, 0.1) is 0 Å². The molecule has 0 aromatic carbocycles. The molecule has 2 aliphatic rings. The Kier molecular flexibility index (Phi) is 20.0. The predicted octanol–water partition coefficient (Wildman–Crippen LogP) is 2.29. The fourth-order valence-electron chi connectivity index (χ4n) is 5.14. The van der Waals surface area contributed by atoms with Crippen molar-refractivity contribution in [2.24, 2.45) is 0 Å². The van der Waals surface area contributed by atoms with E-state index in [4.69, 9.17) is 52.1 Å². The van der Waals surface area contributed by atoms with Crippen LogP contribution in [0.15, 0.2) is 0 Å². The minimum Gasteiger partial charge on any atom is -0.463 e. The van der Waals surface area contributed by atoms with Gasteiger partial charge in [0, 0.05) is 51.4 Å². The van der Waals surface area contributed by atoms with Crippen molar-refractivity contribution in [2.45, 2.75) is 168 Å². The standard InChI is InChI=1S/C36H54O19/c1-9-21(37)45-17-19-29(49-23(39)11-3)31(51-25(41)13-5)33(53-27(43)15-7)35(47-19)55-36-34(54-28(44)16-8)32(52-26(42)14-6)30(50-24(40)12-4)20(48-36)18-46-22(38)10-2/h19-20,29-36H,9-18H2,1-8H3/t19-,20?,29+,30-,31?,32+,33?,34?,35+,36-/m1/s1. The van der Waals surface area contributed by atoms with Gasteiger partial charge in [-0.25, -0.2) is 0 Å². The molecule has 0 aromatic rings. The maximum Gasteiger partial charge on any atom is 0.306 e. The van der Waals surface area contributed by atoms with Crippen LogP contribution in [0.2, 0.25) is 0 Å². The number of ether oxygens (including phenoxy) is 11. The largest absolute Gasteiger partial charge is 0.463 e. The van der Waals surface area contributed by atoms with Crippen LogP contribution in [0.4, 0.5) is 0 Å². The maximum atomic E-state index is 12.9. The summed E-state index contributed by atoms with van der Waals surface area (Å²) in [4.78, 5) is 101. The van der Waals surface area contributed by atoms with Crippen molar-refractivity contribution in [3.05, 3.63) is 0 Å². The van der Waals surface area contributed by atoms with Gasteiger partial charge in [-0.1, -0.05) is 55.4 Å². The second-order valence-electron chi connectivity index (χ2n) is 12.1. The van der Waals surface area contributed by atoms with Crippen LogP contribution >= 0.6 is 0 Å². The van der Waals surface area contributed by atoms with Gasteiger partial charge in [0.2, 0.25) is 12.6 Å². The van der Waals surface area contributed by atoms with Gasteiger partial charge in [0.15, 0.2) is 36.6 Å². The van der Waals surface area contributed by atoms with Gasteiger partial charge >= 0.3 is 47.8 Å². The summed E-state index contributed by atoms with van der Waals surface area (Å²) in [5, 5.41) is 0. The lowest BCUT2D eigenvalue weighted by Crippen LogP contribution is -2.67. The number of carbonyl (C=O) groups is 8. The number of hydrogen-bond acceptors (Lipinski definition) is 19. The summed E-state index contributed by atoms with van der Waals surface area (Å²) < 4.78 is 63.3. The molecule has 2 aliphatic heterocycles. The van der Waals surface area contributed by atoms with E-state index in [0.29, 0.717) is 0 Å². The zero-order valence-corrected chi connectivity index (χ0v) is 32.6. The fraction of sp³-hybridized carbons (Fsp3) is 0.778. The van der Waals surface area contributed by atoms with E-state index >= 15 is 0 Å². The number of hydrogen-bond donors (Lipinski definition) is 0. The summed E-state index contributed by atoms with van der Waals surface area (Å²) in [6, 6.07) is 0. The molecule has 0 aromatic heterocycles. The third-order valence-corrected chi connectivity index (χ3v) is 8.18. The first-order chi connectivity index (χ1) is 26.2. The SMILES string of the molecule is CCC(=O)OCC1O[C@H](O[C@@H]2O[C@H](COC(=O)CC)[C@H](OC(=O)CC)C(OC(=O)CC)C2OC(=O)CC)C(OC(=O)CC)[C@@H](OC(=O)CC)[C@@H]1OC(=O)CC. The Morgan fingerprint density at radius 2 is 0.582 bits per heavy atom. The first-order valence-corrected chi connectivity index (χ1v) is 18.6. The topological polar surface area (TPSA) is 238 Å². The van der Waals surface area contributed by atoms with Crippen LogP contribution in [0.3, 0.4) is 0 Å². The number of rotatable bonds is 20. The van der Waals surface area contributed by atoms with E-state index in [9.17, 15) is 38.4 Å². The quantitative estimate of drug-likeness (QED) is 0.127. The van der Waals surface area contributed by atoms with Gasteiger partial charge in [-0.2, -0.15) is 0 Å². The summed E-state index contributed by atoms with van der Waals surface area (Å²) in [6.45, 7) is 10.9. The molecule has 0 amide bonds. The Morgan fingerprint density at radius 1 is 0.345 bits per heavy atom. The Hall–Kier alpha value is -4.36. The average molecular weight is 791 g/mol.